The number of carbonyl (C=O) groups is 1. The predicted octanol–water partition coefficient (Wildman–Crippen LogP) is 4.47. The summed E-state index contributed by atoms with van der Waals surface area (Å²) in [5.74, 6) is 0.997. The van der Waals surface area contributed by atoms with Gasteiger partial charge < -0.3 is 14.8 Å². The summed E-state index contributed by atoms with van der Waals surface area (Å²) >= 11 is 0. The van der Waals surface area contributed by atoms with Crippen molar-refractivity contribution in [2.75, 3.05) is 18.4 Å². The minimum absolute atomic E-state index is 0.208. The number of carbonyl (C=O) groups excluding carboxylic acids is 1. The van der Waals surface area contributed by atoms with E-state index in [1.165, 1.54) is 5.56 Å². The van der Waals surface area contributed by atoms with Gasteiger partial charge in [0.05, 0.1) is 24.5 Å². The lowest BCUT2D eigenvalue weighted by atomic mass is 10.0. The molecule has 0 atom stereocenters. The van der Waals surface area contributed by atoms with Crippen molar-refractivity contribution in [3.05, 3.63) is 47.9 Å². The zero-order chi connectivity index (χ0) is 20.8. The third-order valence-electron chi connectivity index (χ3n) is 5.12. The van der Waals surface area contributed by atoms with E-state index in [1.54, 1.807) is 12.5 Å². The number of nitrogens with one attached hydrogen (secondary N) is 1. The molecular formula is C23H31N5O. The number of anilines is 2. The molecule has 0 saturated carbocycles. The Hall–Kier alpha value is -2.89. The van der Waals surface area contributed by atoms with Crippen molar-refractivity contribution in [2.45, 2.75) is 46.5 Å². The lowest BCUT2D eigenvalue weighted by Gasteiger charge is -2.22. The van der Waals surface area contributed by atoms with Gasteiger partial charge in [-0.25, -0.2) is 9.97 Å². The number of fused-ring (bicyclic) bond motifs is 1. The molecule has 0 unspecified atom stereocenters. The number of amides is 1. The summed E-state index contributed by atoms with van der Waals surface area (Å²) in [6, 6.07) is 8.24. The van der Waals surface area contributed by atoms with Crippen LogP contribution in [0.4, 0.5) is 11.5 Å². The molecule has 6 heteroatoms. The molecule has 1 N–H and O–H groups in total. The minimum atomic E-state index is 0.208. The van der Waals surface area contributed by atoms with Crippen molar-refractivity contribution in [3.63, 3.8) is 0 Å². The van der Waals surface area contributed by atoms with E-state index in [0.717, 1.165) is 60.5 Å². The van der Waals surface area contributed by atoms with E-state index >= 15 is 0 Å². The Balaban J connectivity index is 1.77. The summed E-state index contributed by atoms with van der Waals surface area (Å²) in [7, 11) is 1.97. The summed E-state index contributed by atoms with van der Waals surface area (Å²) in [4.78, 5) is 23.5. The second-order valence-electron chi connectivity index (χ2n) is 7.44. The highest BCUT2D eigenvalue weighted by atomic mass is 16.2. The molecular weight excluding hydrogens is 362 g/mol. The molecule has 1 amide bonds. The van der Waals surface area contributed by atoms with Crippen LogP contribution in [-0.4, -0.2) is 38.4 Å². The van der Waals surface area contributed by atoms with E-state index in [-0.39, 0.29) is 5.91 Å². The SMILES string of the molecule is CCCN(CCC)C(=O)Cc1ccc(Nc2cc3c(cn2)ncn3C)c(CC)c1. The summed E-state index contributed by atoms with van der Waals surface area (Å²) in [6.45, 7) is 8.01. The van der Waals surface area contributed by atoms with Crippen molar-refractivity contribution in [2.24, 2.45) is 7.05 Å². The van der Waals surface area contributed by atoms with Crippen LogP contribution in [-0.2, 0) is 24.7 Å². The number of nitrogens with zero attached hydrogens (tertiary/aromatic N) is 4. The highest BCUT2D eigenvalue weighted by molar-refractivity contribution is 5.80. The molecule has 3 rings (SSSR count). The Morgan fingerprint density at radius 2 is 1.86 bits per heavy atom. The summed E-state index contributed by atoms with van der Waals surface area (Å²) in [6.07, 6.45) is 6.89. The van der Waals surface area contributed by atoms with Crippen LogP contribution < -0.4 is 5.32 Å². The third kappa shape index (κ3) is 4.94. The van der Waals surface area contributed by atoms with Gasteiger partial charge in [0.2, 0.25) is 5.91 Å². The maximum absolute atomic E-state index is 12.7. The van der Waals surface area contributed by atoms with Gasteiger partial charge in [-0.05, 0) is 36.5 Å². The molecule has 0 aliphatic carbocycles. The van der Waals surface area contributed by atoms with Crippen molar-refractivity contribution < 1.29 is 4.79 Å². The van der Waals surface area contributed by atoms with Crippen LogP contribution in [0.25, 0.3) is 11.0 Å². The Labute approximate surface area is 173 Å². The first-order chi connectivity index (χ1) is 14.0. The fourth-order valence-corrected chi connectivity index (χ4v) is 3.60. The van der Waals surface area contributed by atoms with Crippen LogP contribution in [0.2, 0.25) is 0 Å². The normalized spacial score (nSPS) is 11.0. The molecule has 2 aromatic heterocycles. The van der Waals surface area contributed by atoms with Gasteiger partial charge in [0.15, 0.2) is 0 Å². The van der Waals surface area contributed by atoms with E-state index in [9.17, 15) is 4.79 Å². The second kappa shape index (κ2) is 9.54. The molecule has 154 valence electrons. The fourth-order valence-electron chi connectivity index (χ4n) is 3.60. The number of imidazole rings is 1. The van der Waals surface area contributed by atoms with Crippen LogP contribution in [0.5, 0.6) is 0 Å². The molecule has 2 heterocycles. The van der Waals surface area contributed by atoms with Crippen LogP contribution in [0.3, 0.4) is 0 Å². The molecule has 0 fully saturated rings. The van der Waals surface area contributed by atoms with E-state index in [4.69, 9.17) is 0 Å². The second-order valence-corrected chi connectivity index (χ2v) is 7.44. The first-order valence-corrected chi connectivity index (χ1v) is 10.5. The van der Waals surface area contributed by atoms with E-state index < -0.39 is 0 Å². The van der Waals surface area contributed by atoms with Crippen LogP contribution in [0.15, 0.2) is 36.8 Å². The van der Waals surface area contributed by atoms with E-state index in [0.29, 0.717) is 6.42 Å². The maximum Gasteiger partial charge on any atom is 0.226 e. The van der Waals surface area contributed by atoms with Crippen LogP contribution in [0.1, 0.15) is 44.7 Å². The molecule has 0 bridgehead atoms. The molecule has 29 heavy (non-hydrogen) atoms. The molecule has 3 aromatic rings. The number of hydrogen-bond donors (Lipinski definition) is 1. The minimum Gasteiger partial charge on any atom is -0.342 e. The standard InChI is InChI=1S/C23H31N5O/c1-5-10-28(11-6-2)23(29)13-17-8-9-19(18(7-3)12-17)26-22-14-21-20(15-24-22)25-16-27(21)4/h8-9,12,14-16H,5-7,10-11,13H2,1-4H3,(H,24,26). The first kappa shape index (κ1) is 20.8. The molecule has 1 aromatic carbocycles. The highest BCUT2D eigenvalue weighted by Gasteiger charge is 2.14. The number of aryl methyl sites for hydroxylation is 2. The van der Waals surface area contributed by atoms with E-state index in [1.807, 2.05) is 28.6 Å². The van der Waals surface area contributed by atoms with Crippen molar-refractivity contribution in [3.8, 4) is 0 Å². The summed E-state index contributed by atoms with van der Waals surface area (Å²) in [5.41, 5.74) is 5.18. The average Bonchev–Trinajstić information content (AvgIpc) is 3.09. The lowest BCUT2D eigenvalue weighted by Crippen LogP contribution is -2.33. The molecule has 6 nitrogen and oxygen atoms in total. The molecule has 0 saturated heterocycles. The number of rotatable bonds is 9. The quantitative estimate of drug-likeness (QED) is 0.583. The zero-order valence-electron chi connectivity index (χ0n) is 17.9. The Kier molecular flexibility index (Phi) is 6.86. The largest absolute Gasteiger partial charge is 0.342 e. The molecule has 0 aliphatic rings. The Morgan fingerprint density at radius 1 is 1.10 bits per heavy atom. The molecule has 0 spiro atoms. The highest BCUT2D eigenvalue weighted by Crippen LogP contribution is 2.24. The van der Waals surface area contributed by atoms with Gasteiger partial charge >= 0.3 is 0 Å². The smallest absolute Gasteiger partial charge is 0.226 e. The van der Waals surface area contributed by atoms with Gasteiger partial charge in [-0.1, -0.05) is 32.9 Å². The van der Waals surface area contributed by atoms with E-state index in [2.05, 4.69) is 48.2 Å². The molecule has 0 aliphatic heterocycles. The van der Waals surface area contributed by atoms with Gasteiger partial charge in [0, 0.05) is 31.9 Å². The first-order valence-electron chi connectivity index (χ1n) is 10.5. The summed E-state index contributed by atoms with van der Waals surface area (Å²) in [5, 5.41) is 3.43. The van der Waals surface area contributed by atoms with Crippen molar-refractivity contribution in [1.82, 2.24) is 19.4 Å². The van der Waals surface area contributed by atoms with Gasteiger partial charge in [0.1, 0.15) is 11.3 Å². The third-order valence-corrected chi connectivity index (χ3v) is 5.12. The predicted molar refractivity (Wildman–Crippen MR) is 118 cm³/mol. The molecule has 0 radical (unpaired) electrons. The topological polar surface area (TPSA) is 63.1 Å². The van der Waals surface area contributed by atoms with Gasteiger partial charge in [0.25, 0.3) is 0 Å². The average molecular weight is 394 g/mol. The van der Waals surface area contributed by atoms with Gasteiger partial charge in [-0.3, -0.25) is 4.79 Å². The monoisotopic (exact) mass is 393 g/mol. The number of hydrogen-bond acceptors (Lipinski definition) is 4. The van der Waals surface area contributed by atoms with Crippen LogP contribution >= 0.6 is 0 Å². The number of pyridine rings is 1. The fraction of sp³-hybridized carbons (Fsp3) is 0.435. The van der Waals surface area contributed by atoms with Gasteiger partial charge in [-0.2, -0.15) is 0 Å². The van der Waals surface area contributed by atoms with Gasteiger partial charge in [-0.15, -0.1) is 0 Å². The number of benzene rings is 1. The zero-order valence-corrected chi connectivity index (χ0v) is 17.9. The summed E-state index contributed by atoms with van der Waals surface area (Å²) < 4.78 is 1.98. The Morgan fingerprint density at radius 3 is 2.55 bits per heavy atom. The number of aromatic nitrogens is 3. The van der Waals surface area contributed by atoms with Crippen molar-refractivity contribution in [1.29, 1.82) is 0 Å². The lowest BCUT2D eigenvalue weighted by molar-refractivity contribution is -0.130. The maximum atomic E-state index is 12.7. The Bertz CT molecular complexity index is 973. The van der Waals surface area contributed by atoms with Crippen molar-refractivity contribution >= 4 is 28.4 Å². The van der Waals surface area contributed by atoms with Crippen LogP contribution in [0, 0.1) is 0 Å².